The lowest BCUT2D eigenvalue weighted by molar-refractivity contribution is -0.139. The Morgan fingerprint density at radius 3 is 2.42 bits per heavy atom. The minimum atomic E-state index is -0.478. The summed E-state index contributed by atoms with van der Waals surface area (Å²) in [6.07, 6.45) is 0. The van der Waals surface area contributed by atoms with Crippen LogP contribution >= 0.6 is 0 Å². The predicted molar refractivity (Wildman–Crippen MR) is 87.9 cm³/mol. The van der Waals surface area contributed by atoms with Gasteiger partial charge in [-0.25, -0.2) is 9.59 Å². The van der Waals surface area contributed by atoms with Crippen LogP contribution in [0.15, 0.2) is 35.5 Å². The summed E-state index contributed by atoms with van der Waals surface area (Å²) in [5.41, 5.74) is 0.737. The smallest absolute Gasteiger partial charge is 0.338 e. The summed E-state index contributed by atoms with van der Waals surface area (Å²) in [6, 6.07) is 6.38. The van der Waals surface area contributed by atoms with Crippen molar-refractivity contribution in [1.82, 2.24) is 10.6 Å². The highest BCUT2D eigenvalue weighted by Gasteiger charge is 2.30. The Bertz CT molecular complexity index is 642. The van der Waals surface area contributed by atoms with E-state index in [1.807, 2.05) is 19.1 Å². The van der Waals surface area contributed by atoms with Crippen LogP contribution in [0, 0.1) is 0 Å². The Labute approximate surface area is 141 Å². The number of hydrogen-bond donors (Lipinski definition) is 2. The second-order valence-corrected chi connectivity index (χ2v) is 5.10. The van der Waals surface area contributed by atoms with E-state index in [0.717, 1.165) is 0 Å². The van der Waals surface area contributed by atoms with E-state index in [9.17, 15) is 9.59 Å². The zero-order valence-electron chi connectivity index (χ0n) is 14.0. The van der Waals surface area contributed by atoms with Gasteiger partial charge in [0, 0.05) is 0 Å². The molecule has 7 nitrogen and oxygen atoms in total. The monoisotopic (exact) mass is 334 g/mol. The van der Waals surface area contributed by atoms with Crippen LogP contribution in [0.25, 0.3) is 0 Å². The quantitative estimate of drug-likeness (QED) is 0.745. The SMILES string of the molecule is CCOC(=O)C1=C(COc2ccccc2OCC)NC(=O)N[C@H]1C. The van der Waals surface area contributed by atoms with Crippen molar-refractivity contribution in [3.05, 3.63) is 35.5 Å². The fraction of sp³-hybridized carbons (Fsp3) is 0.412. The highest BCUT2D eigenvalue weighted by Crippen LogP contribution is 2.27. The summed E-state index contributed by atoms with van der Waals surface area (Å²) in [7, 11) is 0. The number of hydrogen-bond acceptors (Lipinski definition) is 5. The van der Waals surface area contributed by atoms with Gasteiger partial charge in [-0.05, 0) is 32.9 Å². The largest absolute Gasteiger partial charge is 0.490 e. The van der Waals surface area contributed by atoms with Crippen LogP contribution in [0.2, 0.25) is 0 Å². The van der Waals surface area contributed by atoms with Gasteiger partial charge in [-0.1, -0.05) is 12.1 Å². The van der Waals surface area contributed by atoms with Crippen LogP contribution in [-0.2, 0) is 9.53 Å². The van der Waals surface area contributed by atoms with E-state index in [4.69, 9.17) is 14.2 Å². The topological polar surface area (TPSA) is 85.9 Å². The van der Waals surface area contributed by atoms with Gasteiger partial charge in [0.15, 0.2) is 11.5 Å². The first-order valence-electron chi connectivity index (χ1n) is 7.89. The number of amides is 2. The van der Waals surface area contributed by atoms with Crippen molar-refractivity contribution in [2.75, 3.05) is 19.8 Å². The summed E-state index contributed by atoms with van der Waals surface area (Å²) >= 11 is 0. The molecule has 0 radical (unpaired) electrons. The summed E-state index contributed by atoms with van der Waals surface area (Å²) in [5, 5.41) is 5.26. The van der Waals surface area contributed by atoms with Gasteiger partial charge in [0.2, 0.25) is 0 Å². The maximum atomic E-state index is 12.2. The number of benzene rings is 1. The van der Waals surface area contributed by atoms with Crippen LogP contribution in [0.1, 0.15) is 20.8 Å². The van der Waals surface area contributed by atoms with Crippen molar-refractivity contribution in [3.63, 3.8) is 0 Å². The number of para-hydroxylation sites is 2. The van der Waals surface area contributed by atoms with Gasteiger partial charge < -0.3 is 24.8 Å². The molecule has 24 heavy (non-hydrogen) atoms. The standard InChI is InChI=1S/C17H22N2O5/c1-4-22-13-8-6-7-9-14(13)24-10-12-15(16(20)23-5-2)11(3)18-17(21)19-12/h6-9,11H,4-5,10H2,1-3H3,(H2,18,19,21)/t11-/m0/s1. The molecule has 0 aromatic heterocycles. The van der Waals surface area contributed by atoms with Crippen LogP contribution in [0.3, 0.4) is 0 Å². The Kier molecular flexibility index (Phi) is 6.06. The number of esters is 1. The fourth-order valence-electron chi connectivity index (χ4n) is 2.39. The molecule has 2 amide bonds. The van der Waals surface area contributed by atoms with Crippen molar-refractivity contribution >= 4 is 12.0 Å². The number of urea groups is 1. The molecule has 1 atom stereocenters. The van der Waals surface area contributed by atoms with E-state index in [1.54, 1.807) is 26.0 Å². The normalized spacial score (nSPS) is 17.0. The number of ether oxygens (including phenoxy) is 3. The summed E-state index contributed by atoms with van der Waals surface area (Å²) in [6.45, 7) is 6.12. The van der Waals surface area contributed by atoms with Gasteiger partial charge >= 0.3 is 12.0 Å². The minimum absolute atomic E-state index is 0.0238. The zero-order chi connectivity index (χ0) is 17.5. The van der Waals surface area contributed by atoms with Gasteiger partial charge in [-0.3, -0.25) is 0 Å². The van der Waals surface area contributed by atoms with E-state index >= 15 is 0 Å². The van der Waals surface area contributed by atoms with Gasteiger partial charge in [-0.2, -0.15) is 0 Å². The van der Waals surface area contributed by atoms with Crippen molar-refractivity contribution in [1.29, 1.82) is 0 Å². The van der Waals surface area contributed by atoms with Crippen molar-refractivity contribution < 1.29 is 23.8 Å². The lowest BCUT2D eigenvalue weighted by Gasteiger charge is -2.26. The molecular formula is C17H22N2O5. The summed E-state index contributed by atoms with van der Waals surface area (Å²) in [5.74, 6) is 0.663. The Morgan fingerprint density at radius 2 is 1.79 bits per heavy atom. The third-order valence-corrected chi connectivity index (χ3v) is 3.39. The molecule has 2 rings (SSSR count). The van der Waals surface area contributed by atoms with Crippen molar-refractivity contribution in [2.45, 2.75) is 26.8 Å². The number of nitrogens with one attached hydrogen (secondary N) is 2. The molecule has 7 heteroatoms. The first-order valence-corrected chi connectivity index (χ1v) is 7.89. The van der Waals surface area contributed by atoms with E-state index in [1.165, 1.54) is 0 Å². The first-order chi connectivity index (χ1) is 11.6. The van der Waals surface area contributed by atoms with Crippen LogP contribution in [0.5, 0.6) is 11.5 Å². The number of rotatable bonds is 7. The summed E-state index contributed by atoms with van der Waals surface area (Å²) in [4.78, 5) is 23.9. The number of carbonyl (C=O) groups is 2. The molecule has 0 unspecified atom stereocenters. The molecule has 1 aliphatic rings. The van der Waals surface area contributed by atoms with Gasteiger partial charge in [0.05, 0.1) is 30.5 Å². The molecular weight excluding hydrogens is 312 g/mol. The average Bonchev–Trinajstić information content (AvgIpc) is 2.54. The maximum absolute atomic E-state index is 12.2. The third kappa shape index (κ3) is 4.18. The van der Waals surface area contributed by atoms with E-state index < -0.39 is 12.0 Å². The van der Waals surface area contributed by atoms with E-state index in [0.29, 0.717) is 29.4 Å². The lowest BCUT2D eigenvalue weighted by Crippen LogP contribution is -2.50. The van der Waals surface area contributed by atoms with Crippen LogP contribution in [-0.4, -0.2) is 37.9 Å². The van der Waals surface area contributed by atoms with Gasteiger partial charge in [-0.15, -0.1) is 0 Å². The van der Waals surface area contributed by atoms with Gasteiger partial charge in [0.1, 0.15) is 6.61 Å². The molecule has 0 saturated carbocycles. The number of carbonyl (C=O) groups excluding carboxylic acids is 2. The average molecular weight is 334 g/mol. The summed E-state index contributed by atoms with van der Waals surface area (Å²) < 4.78 is 16.3. The molecule has 0 bridgehead atoms. The lowest BCUT2D eigenvalue weighted by atomic mass is 10.0. The molecule has 2 N–H and O–H groups in total. The molecule has 0 aliphatic carbocycles. The fourth-order valence-corrected chi connectivity index (χ4v) is 2.39. The highest BCUT2D eigenvalue weighted by atomic mass is 16.5. The Hall–Kier alpha value is -2.70. The van der Waals surface area contributed by atoms with Crippen LogP contribution in [0.4, 0.5) is 4.79 Å². The first kappa shape index (κ1) is 17.7. The zero-order valence-corrected chi connectivity index (χ0v) is 14.0. The van der Waals surface area contributed by atoms with Crippen molar-refractivity contribution in [3.8, 4) is 11.5 Å². The third-order valence-electron chi connectivity index (χ3n) is 3.39. The predicted octanol–water partition coefficient (Wildman–Crippen LogP) is 1.98. The molecule has 0 saturated heterocycles. The minimum Gasteiger partial charge on any atom is -0.490 e. The molecule has 1 aromatic carbocycles. The van der Waals surface area contributed by atoms with E-state index in [-0.39, 0.29) is 19.2 Å². The van der Waals surface area contributed by atoms with Crippen LogP contribution < -0.4 is 20.1 Å². The Balaban J connectivity index is 2.22. The second kappa shape index (κ2) is 8.24. The highest BCUT2D eigenvalue weighted by molar-refractivity contribution is 5.94. The molecule has 130 valence electrons. The molecule has 1 aromatic rings. The molecule has 1 aliphatic heterocycles. The van der Waals surface area contributed by atoms with Crippen molar-refractivity contribution in [2.24, 2.45) is 0 Å². The molecule has 0 fully saturated rings. The molecule has 0 spiro atoms. The molecule has 1 heterocycles. The van der Waals surface area contributed by atoms with E-state index in [2.05, 4.69) is 10.6 Å². The second-order valence-electron chi connectivity index (χ2n) is 5.10. The Morgan fingerprint density at radius 1 is 1.12 bits per heavy atom. The van der Waals surface area contributed by atoms with Gasteiger partial charge in [0.25, 0.3) is 0 Å². The maximum Gasteiger partial charge on any atom is 0.338 e.